The van der Waals surface area contributed by atoms with Crippen LogP contribution in [0.3, 0.4) is 0 Å². The second-order valence-corrected chi connectivity index (χ2v) is 8.31. The lowest BCUT2D eigenvalue weighted by Gasteiger charge is -2.24. The van der Waals surface area contributed by atoms with Crippen molar-refractivity contribution in [3.63, 3.8) is 0 Å². The Morgan fingerprint density at radius 1 is 1.12 bits per heavy atom. The van der Waals surface area contributed by atoms with Gasteiger partial charge in [-0.3, -0.25) is 14.6 Å². The smallest absolute Gasteiger partial charge is 0.329 e. The van der Waals surface area contributed by atoms with E-state index in [-0.39, 0.29) is 12.1 Å². The van der Waals surface area contributed by atoms with Gasteiger partial charge in [-0.05, 0) is 42.0 Å². The van der Waals surface area contributed by atoms with Crippen LogP contribution in [0.4, 0.5) is 5.69 Å². The van der Waals surface area contributed by atoms with Crippen LogP contribution in [0.15, 0.2) is 76.1 Å². The standard InChI is InChI=1S/C23H20Cl2N6O3/c1-34-21-7-6-14(8-15(21)13-31-20-5-3-2-4-19(20)28-30-31)12-26-29-23(33)22(32)27-18-10-16(24)9-17(25)11-18/h2-12,19-20H,13H2,1H3,(H,27,32)(H,29,33). The van der Waals surface area contributed by atoms with Gasteiger partial charge < -0.3 is 10.1 Å². The number of amides is 2. The van der Waals surface area contributed by atoms with E-state index in [4.69, 9.17) is 27.9 Å². The molecule has 0 aromatic heterocycles. The summed E-state index contributed by atoms with van der Waals surface area (Å²) >= 11 is 11.8. The van der Waals surface area contributed by atoms with Gasteiger partial charge in [-0.1, -0.05) is 52.7 Å². The zero-order valence-electron chi connectivity index (χ0n) is 18.0. The topological polar surface area (TPSA) is 108 Å². The number of carbonyl (C=O) groups is 2. The van der Waals surface area contributed by atoms with Crippen molar-refractivity contribution in [1.29, 1.82) is 0 Å². The van der Waals surface area contributed by atoms with Crippen LogP contribution in [-0.2, 0) is 16.1 Å². The fraction of sp³-hybridized carbons (Fsp3) is 0.174. The number of nitrogens with one attached hydrogen (secondary N) is 2. The Hall–Kier alpha value is -3.69. The first-order valence-corrected chi connectivity index (χ1v) is 11.0. The number of fused-ring (bicyclic) bond motifs is 1. The van der Waals surface area contributed by atoms with E-state index in [2.05, 4.69) is 32.3 Å². The van der Waals surface area contributed by atoms with Crippen molar-refractivity contribution < 1.29 is 14.3 Å². The van der Waals surface area contributed by atoms with E-state index < -0.39 is 11.8 Å². The number of anilines is 1. The van der Waals surface area contributed by atoms with Crippen molar-refractivity contribution in [2.24, 2.45) is 15.4 Å². The highest BCUT2D eigenvalue weighted by Gasteiger charge is 2.30. The predicted octanol–water partition coefficient (Wildman–Crippen LogP) is 4.14. The summed E-state index contributed by atoms with van der Waals surface area (Å²) in [7, 11) is 1.59. The number of nitrogens with zero attached hydrogens (tertiary/aromatic N) is 4. The minimum atomic E-state index is -0.943. The third kappa shape index (κ3) is 5.62. The van der Waals surface area contributed by atoms with Gasteiger partial charge in [0.25, 0.3) is 0 Å². The number of allylic oxidation sites excluding steroid dienone is 2. The van der Waals surface area contributed by atoms with Crippen molar-refractivity contribution in [1.82, 2.24) is 10.4 Å². The van der Waals surface area contributed by atoms with E-state index in [0.29, 0.717) is 33.6 Å². The summed E-state index contributed by atoms with van der Waals surface area (Å²) in [6, 6.07) is 9.97. The first-order valence-electron chi connectivity index (χ1n) is 10.2. The van der Waals surface area contributed by atoms with Crippen LogP contribution in [0.25, 0.3) is 0 Å². The van der Waals surface area contributed by atoms with Crippen LogP contribution in [0.5, 0.6) is 5.75 Å². The van der Waals surface area contributed by atoms with Crippen molar-refractivity contribution >= 4 is 46.9 Å². The van der Waals surface area contributed by atoms with Crippen LogP contribution in [0, 0.1) is 0 Å². The summed E-state index contributed by atoms with van der Waals surface area (Å²) in [6.45, 7) is 0.477. The Bertz CT molecular complexity index is 1210. The monoisotopic (exact) mass is 498 g/mol. The summed E-state index contributed by atoms with van der Waals surface area (Å²) < 4.78 is 5.48. The average Bonchev–Trinajstić information content (AvgIpc) is 3.21. The van der Waals surface area contributed by atoms with Gasteiger partial charge in [0.05, 0.1) is 25.9 Å². The lowest BCUT2D eigenvalue weighted by Crippen LogP contribution is -2.32. The third-order valence-electron chi connectivity index (χ3n) is 5.06. The largest absolute Gasteiger partial charge is 0.496 e. The first-order chi connectivity index (χ1) is 16.4. The van der Waals surface area contributed by atoms with E-state index in [1.807, 2.05) is 29.3 Å². The van der Waals surface area contributed by atoms with E-state index in [1.54, 1.807) is 19.2 Å². The molecule has 1 heterocycles. The highest BCUT2D eigenvalue weighted by Crippen LogP contribution is 2.28. The van der Waals surface area contributed by atoms with Crippen molar-refractivity contribution in [2.75, 3.05) is 12.4 Å². The van der Waals surface area contributed by atoms with E-state index in [9.17, 15) is 9.59 Å². The molecule has 0 fully saturated rings. The number of methoxy groups -OCH3 is 1. The minimum Gasteiger partial charge on any atom is -0.496 e. The van der Waals surface area contributed by atoms with Crippen molar-refractivity contribution in [2.45, 2.75) is 18.6 Å². The second-order valence-electron chi connectivity index (χ2n) is 7.44. The number of hydrogen-bond donors (Lipinski definition) is 2. The maximum absolute atomic E-state index is 12.1. The van der Waals surface area contributed by atoms with Crippen LogP contribution < -0.4 is 15.5 Å². The predicted molar refractivity (Wildman–Crippen MR) is 130 cm³/mol. The quantitative estimate of drug-likeness (QED) is 0.354. The summed E-state index contributed by atoms with van der Waals surface area (Å²) in [6.07, 6.45) is 9.43. The second kappa shape index (κ2) is 10.5. The number of ether oxygens (including phenoxy) is 1. The summed E-state index contributed by atoms with van der Waals surface area (Å²) in [5.74, 6) is -1.16. The van der Waals surface area contributed by atoms with Gasteiger partial charge in [0.2, 0.25) is 0 Å². The molecular weight excluding hydrogens is 479 g/mol. The van der Waals surface area contributed by atoms with Gasteiger partial charge in [0.15, 0.2) is 0 Å². The Morgan fingerprint density at radius 3 is 2.65 bits per heavy atom. The Morgan fingerprint density at radius 2 is 1.88 bits per heavy atom. The molecule has 2 amide bonds. The minimum absolute atomic E-state index is 0.00466. The van der Waals surface area contributed by atoms with Gasteiger partial charge in [0.1, 0.15) is 11.8 Å². The van der Waals surface area contributed by atoms with Gasteiger partial charge in [0, 0.05) is 21.3 Å². The molecule has 0 spiro atoms. The molecule has 1 aliphatic carbocycles. The summed E-state index contributed by atoms with van der Waals surface area (Å²) in [5, 5.41) is 17.4. The highest BCUT2D eigenvalue weighted by molar-refractivity contribution is 6.40. The molecule has 0 radical (unpaired) electrons. The Kier molecular flexibility index (Phi) is 7.24. The molecule has 2 aliphatic rings. The van der Waals surface area contributed by atoms with Gasteiger partial charge in [-0.15, -0.1) is 0 Å². The van der Waals surface area contributed by atoms with Crippen LogP contribution >= 0.6 is 23.2 Å². The van der Waals surface area contributed by atoms with Crippen LogP contribution in [0.2, 0.25) is 10.0 Å². The van der Waals surface area contributed by atoms with Crippen molar-refractivity contribution in [3.8, 4) is 5.75 Å². The zero-order chi connectivity index (χ0) is 24.1. The third-order valence-corrected chi connectivity index (χ3v) is 5.50. The zero-order valence-corrected chi connectivity index (χ0v) is 19.5. The number of benzene rings is 2. The number of hydrogen-bond acceptors (Lipinski definition) is 7. The van der Waals surface area contributed by atoms with Gasteiger partial charge in [-0.2, -0.15) is 10.2 Å². The molecular formula is C23H20Cl2N6O3. The number of carbonyl (C=O) groups excluding carboxylic acids is 2. The molecule has 2 aromatic carbocycles. The molecule has 4 rings (SSSR count). The molecule has 1 aliphatic heterocycles. The SMILES string of the molecule is COc1ccc(C=NNC(=O)C(=O)Nc2cc(Cl)cc(Cl)c2)cc1CN1N=NC2C=CC=CC21. The molecule has 0 bridgehead atoms. The van der Waals surface area contributed by atoms with Gasteiger partial charge >= 0.3 is 11.8 Å². The fourth-order valence-electron chi connectivity index (χ4n) is 3.50. The molecule has 0 saturated heterocycles. The molecule has 174 valence electrons. The van der Waals surface area contributed by atoms with Gasteiger partial charge in [-0.25, -0.2) is 5.43 Å². The average molecular weight is 499 g/mol. The van der Waals surface area contributed by atoms with E-state index >= 15 is 0 Å². The lowest BCUT2D eigenvalue weighted by atomic mass is 10.0. The van der Waals surface area contributed by atoms with Crippen molar-refractivity contribution in [3.05, 3.63) is 81.9 Å². The molecule has 2 atom stereocenters. The molecule has 11 heteroatoms. The van der Waals surface area contributed by atoms with Crippen LogP contribution in [-0.4, -0.2) is 42.2 Å². The highest BCUT2D eigenvalue weighted by atomic mass is 35.5. The maximum atomic E-state index is 12.1. The fourth-order valence-corrected chi connectivity index (χ4v) is 4.02. The Balaban J connectivity index is 1.38. The Labute approximate surface area is 205 Å². The molecule has 2 N–H and O–H groups in total. The first kappa shape index (κ1) is 23.5. The number of rotatable bonds is 6. The maximum Gasteiger partial charge on any atom is 0.329 e. The molecule has 2 unspecified atom stereocenters. The molecule has 2 aromatic rings. The number of halogens is 2. The van der Waals surface area contributed by atoms with E-state index in [0.717, 1.165) is 5.56 Å². The molecule has 34 heavy (non-hydrogen) atoms. The molecule has 9 nitrogen and oxygen atoms in total. The van der Waals surface area contributed by atoms with E-state index in [1.165, 1.54) is 24.4 Å². The number of hydrazone groups is 1. The normalized spacial score (nSPS) is 18.3. The molecule has 0 saturated carbocycles. The lowest BCUT2D eigenvalue weighted by molar-refractivity contribution is -0.136. The summed E-state index contributed by atoms with van der Waals surface area (Å²) in [5.41, 5.74) is 4.07. The van der Waals surface area contributed by atoms with Crippen LogP contribution in [0.1, 0.15) is 11.1 Å². The summed E-state index contributed by atoms with van der Waals surface area (Å²) in [4.78, 5) is 24.2.